The molecule has 1 fully saturated rings. The molecule has 18 heavy (non-hydrogen) atoms. The normalized spacial score (nSPS) is 17.8. The van der Waals surface area contributed by atoms with Crippen molar-refractivity contribution in [1.29, 1.82) is 0 Å². The summed E-state index contributed by atoms with van der Waals surface area (Å²) in [5.74, 6) is 0.797. The largest absolute Gasteiger partial charge is 0.255 e. The van der Waals surface area contributed by atoms with E-state index in [0.29, 0.717) is 0 Å². The highest BCUT2D eigenvalue weighted by atomic mass is 32.1. The van der Waals surface area contributed by atoms with E-state index in [1.807, 2.05) is 11.3 Å². The van der Waals surface area contributed by atoms with Crippen molar-refractivity contribution in [3.8, 4) is 10.6 Å². The van der Waals surface area contributed by atoms with Crippen LogP contribution in [-0.4, -0.2) is 4.98 Å². The van der Waals surface area contributed by atoms with Crippen molar-refractivity contribution >= 4 is 17.4 Å². The SMILES string of the molecule is C1=Cc2sc(-c3ccc(C4CC4)cn3)cc2CC1. The lowest BCUT2D eigenvalue weighted by atomic mass is 10.0. The Morgan fingerprint density at radius 2 is 2.17 bits per heavy atom. The summed E-state index contributed by atoms with van der Waals surface area (Å²) in [5, 5.41) is 0. The van der Waals surface area contributed by atoms with Gasteiger partial charge in [0.25, 0.3) is 0 Å². The fraction of sp³-hybridized carbons (Fsp3) is 0.312. The van der Waals surface area contributed by atoms with Crippen LogP contribution in [0.25, 0.3) is 16.6 Å². The van der Waals surface area contributed by atoms with Gasteiger partial charge in [-0.15, -0.1) is 11.3 Å². The summed E-state index contributed by atoms with van der Waals surface area (Å²) in [7, 11) is 0. The fourth-order valence-corrected chi connectivity index (χ4v) is 3.66. The Kier molecular flexibility index (Phi) is 2.37. The Morgan fingerprint density at radius 1 is 1.22 bits per heavy atom. The number of thiophene rings is 1. The van der Waals surface area contributed by atoms with Gasteiger partial charge in [0.2, 0.25) is 0 Å². The molecule has 0 saturated heterocycles. The summed E-state index contributed by atoms with van der Waals surface area (Å²) >= 11 is 1.87. The molecule has 1 nitrogen and oxygen atoms in total. The molecule has 0 unspecified atom stereocenters. The highest BCUT2D eigenvalue weighted by Crippen LogP contribution is 2.40. The Morgan fingerprint density at radius 3 is 2.89 bits per heavy atom. The zero-order valence-corrected chi connectivity index (χ0v) is 11.0. The second kappa shape index (κ2) is 4.06. The molecule has 2 aromatic heterocycles. The van der Waals surface area contributed by atoms with Gasteiger partial charge in [0.15, 0.2) is 0 Å². The van der Waals surface area contributed by atoms with Gasteiger partial charge in [-0.2, -0.15) is 0 Å². The molecule has 2 aliphatic carbocycles. The summed E-state index contributed by atoms with van der Waals surface area (Å²) in [6, 6.07) is 6.77. The first kappa shape index (κ1) is 10.5. The quantitative estimate of drug-likeness (QED) is 0.759. The van der Waals surface area contributed by atoms with Crippen molar-refractivity contribution in [1.82, 2.24) is 4.98 Å². The van der Waals surface area contributed by atoms with Crippen LogP contribution in [0.3, 0.4) is 0 Å². The lowest BCUT2D eigenvalue weighted by molar-refractivity contribution is 0.996. The fourth-order valence-electron chi connectivity index (χ4n) is 2.54. The highest BCUT2D eigenvalue weighted by molar-refractivity contribution is 7.16. The minimum absolute atomic E-state index is 0.797. The van der Waals surface area contributed by atoms with Crippen LogP contribution in [0.2, 0.25) is 0 Å². The number of hydrogen-bond acceptors (Lipinski definition) is 2. The summed E-state index contributed by atoms with van der Waals surface area (Å²) in [5.41, 5.74) is 4.04. The van der Waals surface area contributed by atoms with E-state index in [1.165, 1.54) is 46.6 Å². The number of pyridine rings is 1. The summed E-state index contributed by atoms with van der Waals surface area (Å²) in [6.07, 6.45) is 11.7. The van der Waals surface area contributed by atoms with E-state index in [2.05, 4.69) is 41.5 Å². The van der Waals surface area contributed by atoms with Crippen molar-refractivity contribution < 1.29 is 0 Å². The van der Waals surface area contributed by atoms with Crippen molar-refractivity contribution in [3.05, 3.63) is 46.5 Å². The van der Waals surface area contributed by atoms with Gasteiger partial charge in [-0.1, -0.05) is 12.1 Å². The standard InChI is InChI=1S/C16H15NS/c1-2-4-15-12(3-1)9-16(18-15)14-8-7-13(10-17-14)11-5-6-11/h2,4,7-11H,1,3,5-6H2. The summed E-state index contributed by atoms with van der Waals surface area (Å²) < 4.78 is 0. The van der Waals surface area contributed by atoms with Crippen LogP contribution in [-0.2, 0) is 6.42 Å². The summed E-state index contributed by atoms with van der Waals surface area (Å²) in [6.45, 7) is 0. The number of hydrogen-bond donors (Lipinski definition) is 0. The van der Waals surface area contributed by atoms with Crippen LogP contribution in [0.4, 0.5) is 0 Å². The van der Waals surface area contributed by atoms with E-state index in [0.717, 1.165) is 11.6 Å². The van der Waals surface area contributed by atoms with Crippen LogP contribution in [0.1, 0.15) is 41.2 Å². The number of aromatic nitrogens is 1. The first-order valence-corrected chi connectivity index (χ1v) is 7.47. The number of aryl methyl sites for hydroxylation is 1. The molecule has 0 spiro atoms. The lowest BCUT2D eigenvalue weighted by Gasteiger charge is -2.01. The van der Waals surface area contributed by atoms with E-state index in [1.54, 1.807) is 0 Å². The molecular formula is C16H15NS. The maximum Gasteiger partial charge on any atom is 0.0802 e. The molecular weight excluding hydrogens is 238 g/mol. The van der Waals surface area contributed by atoms with Crippen molar-refractivity contribution in [2.24, 2.45) is 0 Å². The Labute approximate surface area is 111 Å². The smallest absolute Gasteiger partial charge is 0.0802 e. The maximum atomic E-state index is 4.64. The van der Waals surface area contributed by atoms with Gasteiger partial charge in [-0.05, 0) is 60.9 Å². The molecule has 0 bridgehead atoms. The molecule has 1 saturated carbocycles. The maximum absolute atomic E-state index is 4.64. The number of nitrogens with zero attached hydrogens (tertiary/aromatic N) is 1. The molecule has 2 heteroatoms. The van der Waals surface area contributed by atoms with E-state index < -0.39 is 0 Å². The van der Waals surface area contributed by atoms with Crippen molar-refractivity contribution in [3.63, 3.8) is 0 Å². The minimum atomic E-state index is 0.797. The number of allylic oxidation sites excluding steroid dienone is 1. The molecule has 2 heterocycles. The molecule has 0 aliphatic heterocycles. The molecule has 0 N–H and O–H groups in total. The van der Waals surface area contributed by atoms with Gasteiger partial charge < -0.3 is 0 Å². The number of rotatable bonds is 2. The van der Waals surface area contributed by atoms with Crippen LogP contribution in [0.5, 0.6) is 0 Å². The molecule has 2 aromatic rings. The van der Waals surface area contributed by atoms with E-state index in [-0.39, 0.29) is 0 Å². The van der Waals surface area contributed by atoms with Crippen LogP contribution < -0.4 is 0 Å². The molecule has 4 rings (SSSR count). The van der Waals surface area contributed by atoms with Gasteiger partial charge in [0, 0.05) is 11.1 Å². The molecule has 0 aromatic carbocycles. The van der Waals surface area contributed by atoms with Gasteiger partial charge in [0.1, 0.15) is 0 Å². The molecule has 2 aliphatic rings. The second-order valence-electron chi connectivity index (χ2n) is 5.19. The van der Waals surface area contributed by atoms with Gasteiger partial charge in [-0.3, -0.25) is 4.98 Å². The first-order valence-electron chi connectivity index (χ1n) is 6.66. The van der Waals surface area contributed by atoms with Gasteiger partial charge in [0.05, 0.1) is 10.6 Å². The first-order chi connectivity index (χ1) is 8.90. The second-order valence-corrected chi connectivity index (χ2v) is 6.28. The third kappa shape index (κ3) is 1.81. The number of fused-ring (bicyclic) bond motifs is 1. The van der Waals surface area contributed by atoms with Crippen molar-refractivity contribution in [2.45, 2.75) is 31.6 Å². The predicted octanol–water partition coefficient (Wildman–Crippen LogP) is 4.65. The van der Waals surface area contributed by atoms with Gasteiger partial charge >= 0.3 is 0 Å². The zero-order chi connectivity index (χ0) is 11.9. The van der Waals surface area contributed by atoms with Crippen molar-refractivity contribution in [2.75, 3.05) is 0 Å². The van der Waals surface area contributed by atoms with Crippen LogP contribution in [0, 0.1) is 0 Å². The van der Waals surface area contributed by atoms with E-state index in [9.17, 15) is 0 Å². The van der Waals surface area contributed by atoms with Gasteiger partial charge in [-0.25, -0.2) is 0 Å². The molecule has 0 amide bonds. The Bertz CT molecular complexity index is 603. The topological polar surface area (TPSA) is 12.9 Å². The lowest BCUT2D eigenvalue weighted by Crippen LogP contribution is -1.87. The molecule has 90 valence electrons. The Hall–Kier alpha value is -1.41. The average Bonchev–Trinajstić information content (AvgIpc) is 3.18. The Balaban J connectivity index is 1.69. The van der Waals surface area contributed by atoms with Crippen LogP contribution >= 0.6 is 11.3 Å². The molecule has 0 radical (unpaired) electrons. The third-order valence-electron chi connectivity index (χ3n) is 3.78. The monoisotopic (exact) mass is 253 g/mol. The summed E-state index contributed by atoms with van der Waals surface area (Å²) in [4.78, 5) is 7.37. The zero-order valence-electron chi connectivity index (χ0n) is 10.2. The van der Waals surface area contributed by atoms with E-state index >= 15 is 0 Å². The molecule has 0 atom stereocenters. The minimum Gasteiger partial charge on any atom is -0.255 e. The predicted molar refractivity (Wildman–Crippen MR) is 76.9 cm³/mol. The van der Waals surface area contributed by atoms with E-state index in [4.69, 9.17) is 0 Å². The average molecular weight is 253 g/mol. The van der Waals surface area contributed by atoms with Crippen LogP contribution in [0.15, 0.2) is 30.5 Å². The third-order valence-corrected chi connectivity index (χ3v) is 4.94. The highest BCUT2D eigenvalue weighted by Gasteiger charge is 2.23.